The molecule has 17 heavy (non-hydrogen) atoms. The van der Waals surface area contributed by atoms with Crippen LogP contribution in [0, 0.1) is 5.92 Å². The highest BCUT2D eigenvalue weighted by molar-refractivity contribution is 7.80. The molecule has 0 bridgehead atoms. The van der Waals surface area contributed by atoms with E-state index in [-0.39, 0.29) is 0 Å². The van der Waals surface area contributed by atoms with Gasteiger partial charge in [0.2, 0.25) is 0 Å². The normalized spacial score (nSPS) is 16.6. The van der Waals surface area contributed by atoms with Crippen LogP contribution in [-0.4, -0.2) is 11.0 Å². The summed E-state index contributed by atoms with van der Waals surface area (Å²) in [6, 6.07) is 6.13. The van der Waals surface area contributed by atoms with Gasteiger partial charge in [0, 0.05) is 11.7 Å². The zero-order valence-electron chi connectivity index (χ0n) is 9.87. The highest BCUT2D eigenvalue weighted by Crippen LogP contribution is 2.34. The van der Waals surface area contributed by atoms with Crippen molar-refractivity contribution in [1.29, 1.82) is 0 Å². The number of halogens is 1. The summed E-state index contributed by atoms with van der Waals surface area (Å²) >= 11 is 11.2. The van der Waals surface area contributed by atoms with Crippen molar-refractivity contribution < 1.29 is 0 Å². The number of anilines is 1. The molecule has 3 N–H and O–H groups in total. The molecule has 1 fully saturated rings. The van der Waals surface area contributed by atoms with Crippen molar-refractivity contribution >= 4 is 34.5 Å². The lowest BCUT2D eigenvalue weighted by molar-refractivity contribution is 0.642. The summed E-state index contributed by atoms with van der Waals surface area (Å²) < 4.78 is 0. The number of nitrogens with one attached hydrogen (secondary N) is 1. The van der Waals surface area contributed by atoms with Gasteiger partial charge in [-0.2, -0.15) is 0 Å². The lowest BCUT2D eigenvalue weighted by atomic mass is 10.1. The fourth-order valence-corrected chi connectivity index (χ4v) is 2.63. The molecule has 0 spiro atoms. The van der Waals surface area contributed by atoms with E-state index in [1.54, 1.807) is 0 Å². The first kappa shape index (κ1) is 12.7. The molecule has 1 saturated carbocycles. The fraction of sp³-hybridized carbons (Fsp3) is 0.462. The predicted molar refractivity (Wildman–Crippen MR) is 77.8 cm³/mol. The van der Waals surface area contributed by atoms with E-state index in [9.17, 15) is 0 Å². The summed E-state index contributed by atoms with van der Waals surface area (Å²) in [5.41, 5.74) is 7.41. The van der Waals surface area contributed by atoms with Crippen molar-refractivity contribution in [3.05, 3.63) is 28.8 Å². The lowest BCUT2D eigenvalue weighted by Crippen LogP contribution is -2.20. The van der Waals surface area contributed by atoms with Crippen molar-refractivity contribution in [1.82, 2.24) is 0 Å². The summed E-state index contributed by atoms with van der Waals surface area (Å²) in [5, 5.41) is 4.06. The standard InChI is InChI=1S/C13H17ClN2S/c1-8(7-9-5-6-9)16-11-4-2-3-10(14)12(11)13(15)17/h2-4,8-9,16H,5-7H2,1H3,(H2,15,17). The molecule has 1 aromatic rings. The van der Waals surface area contributed by atoms with Crippen LogP contribution in [-0.2, 0) is 0 Å². The van der Waals surface area contributed by atoms with Gasteiger partial charge in [0.15, 0.2) is 0 Å². The van der Waals surface area contributed by atoms with Crippen molar-refractivity contribution in [2.75, 3.05) is 5.32 Å². The van der Waals surface area contributed by atoms with Gasteiger partial charge < -0.3 is 11.1 Å². The van der Waals surface area contributed by atoms with E-state index in [0.29, 0.717) is 16.1 Å². The molecule has 1 aliphatic rings. The minimum atomic E-state index is 0.344. The van der Waals surface area contributed by atoms with Crippen LogP contribution in [0.2, 0.25) is 5.02 Å². The van der Waals surface area contributed by atoms with E-state index in [0.717, 1.165) is 17.2 Å². The van der Waals surface area contributed by atoms with Gasteiger partial charge in [0.05, 0.1) is 10.6 Å². The number of rotatable bonds is 5. The Labute approximate surface area is 113 Å². The second-order valence-corrected chi connectivity index (χ2v) is 5.60. The zero-order chi connectivity index (χ0) is 12.4. The number of benzene rings is 1. The fourth-order valence-electron chi connectivity index (χ4n) is 2.07. The Bertz CT molecular complexity index is 429. The lowest BCUT2D eigenvalue weighted by Gasteiger charge is -2.18. The molecule has 0 saturated heterocycles. The summed E-state index contributed by atoms with van der Waals surface area (Å²) in [6.07, 6.45) is 3.93. The second-order valence-electron chi connectivity index (χ2n) is 4.75. The van der Waals surface area contributed by atoms with Gasteiger partial charge in [0.1, 0.15) is 4.99 Å². The SMILES string of the molecule is CC(CC1CC1)Nc1cccc(Cl)c1C(N)=S. The molecule has 0 aliphatic heterocycles. The van der Waals surface area contributed by atoms with Crippen LogP contribution in [0.5, 0.6) is 0 Å². The molecule has 1 aromatic carbocycles. The maximum absolute atomic E-state index is 6.12. The zero-order valence-corrected chi connectivity index (χ0v) is 11.4. The van der Waals surface area contributed by atoms with Crippen LogP contribution in [0.25, 0.3) is 0 Å². The molecule has 0 radical (unpaired) electrons. The van der Waals surface area contributed by atoms with Crippen LogP contribution in [0.15, 0.2) is 18.2 Å². The maximum Gasteiger partial charge on any atom is 0.107 e. The van der Waals surface area contributed by atoms with Gasteiger partial charge in [-0.3, -0.25) is 0 Å². The highest BCUT2D eigenvalue weighted by atomic mass is 35.5. The number of hydrogen-bond acceptors (Lipinski definition) is 2. The molecule has 1 unspecified atom stereocenters. The Morgan fingerprint density at radius 1 is 1.59 bits per heavy atom. The largest absolute Gasteiger partial charge is 0.389 e. The average Bonchev–Trinajstić information content (AvgIpc) is 3.00. The van der Waals surface area contributed by atoms with Crippen LogP contribution in [0.4, 0.5) is 5.69 Å². The molecule has 0 heterocycles. The Balaban J connectivity index is 2.13. The minimum absolute atomic E-state index is 0.344. The molecule has 0 amide bonds. The van der Waals surface area contributed by atoms with Gasteiger partial charge in [-0.05, 0) is 31.4 Å². The molecule has 2 rings (SSSR count). The smallest absolute Gasteiger partial charge is 0.107 e. The quantitative estimate of drug-likeness (QED) is 0.802. The molecule has 4 heteroatoms. The number of hydrogen-bond donors (Lipinski definition) is 2. The summed E-state index contributed by atoms with van der Waals surface area (Å²) in [5.74, 6) is 0.893. The molecule has 0 aromatic heterocycles. The molecule has 1 aliphatic carbocycles. The van der Waals surface area contributed by atoms with Crippen molar-refractivity contribution in [2.45, 2.75) is 32.2 Å². The van der Waals surface area contributed by atoms with Gasteiger partial charge in [-0.1, -0.05) is 42.7 Å². The van der Waals surface area contributed by atoms with E-state index in [2.05, 4.69) is 12.2 Å². The summed E-state index contributed by atoms with van der Waals surface area (Å²) in [4.78, 5) is 0.344. The van der Waals surface area contributed by atoms with Gasteiger partial charge in [0.25, 0.3) is 0 Å². The van der Waals surface area contributed by atoms with E-state index >= 15 is 0 Å². The molecular weight excluding hydrogens is 252 g/mol. The van der Waals surface area contributed by atoms with Gasteiger partial charge in [-0.15, -0.1) is 0 Å². The van der Waals surface area contributed by atoms with Gasteiger partial charge >= 0.3 is 0 Å². The Kier molecular flexibility index (Phi) is 3.89. The average molecular weight is 269 g/mol. The summed E-state index contributed by atoms with van der Waals surface area (Å²) in [6.45, 7) is 2.18. The predicted octanol–water partition coefficient (Wildman–Crippen LogP) is 3.57. The van der Waals surface area contributed by atoms with Crippen molar-refractivity contribution in [3.63, 3.8) is 0 Å². The first-order valence-electron chi connectivity index (χ1n) is 5.92. The van der Waals surface area contributed by atoms with E-state index in [1.165, 1.54) is 19.3 Å². The van der Waals surface area contributed by atoms with E-state index in [1.807, 2.05) is 18.2 Å². The first-order chi connectivity index (χ1) is 8.08. The van der Waals surface area contributed by atoms with Crippen molar-refractivity contribution in [3.8, 4) is 0 Å². The molecular formula is C13H17ClN2S. The minimum Gasteiger partial charge on any atom is -0.389 e. The maximum atomic E-state index is 6.12. The molecule has 92 valence electrons. The molecule has 1 atom stereocenters. The topological polar surface area (TPSA) is 38.0 Å². The monoisotopic (exact) mass is 268 g/mol. The third kappa shape index (κ3) is 3.33. The Morgan fingerprint density at radius 3 is 2.88 bits per heavy atom. The van der Waals surface area contributed by atoms with E-state index < -0.39 is 0 Å². The van der Waals surface area contributed by atoms with Crippen molar-refractivity contribution in [2.24, 2.45) is 11.7 Å². The van der Waals surface area contributed by atoms with Crippen LogP contribution >= 0.6 is 23.8 Å². The van der Waals surface area contributed by atoms with Gasteiger partial charge in [-0.25, -0.2) is 0 Å². The van der Waals surface area contributed by atoms with Crippen LogP contribution in [0.3, 0.4) is 0 Å². The number of thiocarbonyl (C=S) groups is 1. The number of nitrogens with two attached hydrogens (primary N) is 1. The van der Waals surface area contributed by atoms with E-state index in [4.69, 9.17) is 29.6 Å². The van der Waals surface area contributed by atoms with Crippen LogP contribution < -0.4 is 11.1 Å². The Hall–Kier alpha value is -0.800. The third-order valence-corrected chi connectivity index (χ3v) is 3.56. The second kappa shape index (κ2) is 5.23. The Morgan fingerprint density at radius 2 is 2.29 bits per heavy atom. The molecule has 2 nitrogen and oxygen atoms in total. The third-order valence-electron chi connectivity index (χ3n) is 3.05. The van der Waals surface area contributed by atoms with Crippen LogP contribution in [0.1, 0.15) is 31.7 Å². The first-order valence-corrected chi connectivity index (χ1v) is 6.71. The highest BCUT2D eigenvalue weighted by Gasteiger charge is 2.24. The summed E-state index contributed by atoms with van der Waals surface area (Å²) in [7, 11) is 0.